The second-order valence-electron chi connectivity index (χ2n) is 4.84. The molecule has 1 saturated carbocycles. The van der Waals surface area contributed by atoms with Crippen molar-refractivity contribution >= 4 is 5.97 Å². The van der Waals surface area contributed by atoms with Crippen molar-refractivity contribution < 1.29 is 23.1 Å². The summed E-state index contributed by atoms with van der Waals surface area (Å²) in [5.74, 6) is -0.909. The van der Waals surface area contributed by atoms with Gasteiger partial charge in [-0.15, -0.1) is 0 Å². The molecule has 0 aliphatic heterocycles. The summed E-state index contributed by atoms with van der Waals surface area (Å²) in [5.41, 5.74) is 0.469. The van der Waals surface area contributed by atoms with Crippen LogP contribution in [-0.4, -0.2) is 17.3 Å². The second-order valence-corrected chi connectivity index (χ2v) is 4.84. The first-order valence-corrected chi connectivity index (χ1v) is 5.69. The molecule has 0 heterocycles. The highest BCUT2D eigenvalue weighted by atomic mass is 19.4. The predicted octanol–water partition coefficient (Wildman–Crippen LogP) is 3.30. The summed E-state index contributed by atoms with van der Waals surface area (Å²) >= 11 is 0. The topological polar surface area (TPSA) is 37.3 Å². The van der Waals surface area contributed by atoms with E-state index < -0.39 is 24.0 Å². The van der Waals surface area contributed by atoms with Gasteiger partial charge in [0.05, 0.1) is 12.8 Å². The molecule has 1 fully saturated rings. The molecule has 2 rings (SSSR count). The predicted molar refractivity (Wildman–Crippen MR) is 59.4 cm³/mol. The van der Waals surface area contributed by atoms with Crippen LogP contribution in [0.1, 0.15) is 30.4 Å². The summed E-state index contributed by atoms with van der Waals surface area (Å²) in [6.45, 7) is 0. The molecule has 1 aliphatic carbocycles. The summed E-state index contributed by atoms with van der Waals surface area (Å²) in [7, 11) is 0. The number of carbonyl (C=O) groups is 1. The van der Waals surface area contributed by atoms with Crippen LogP contribution < -0.4 is 0 Å². The molecule has 0 unspecified atom stereocenters. The van der Waals surface area contributed by atoms with Gasteiger partial charge in [-0.3, -0.25) is 4.79 Å². The van der Waals surface area contributed by atoms with Crippen LogP contribution in [-0.2, 0) is 16.6 Å². The molecule has 0 bridgehead atoms. The highest BCUT2D eigenvalue weighted by Gasteiger charge is 2.46. The van der Waals surface area contributed by atoms with Crippen molar-refractivity contribution in [2.45, 2.75) is 37.3 Å². The first-order chi connectivity index (χ1) is 8.31. The number of benzene rings is 1. The van der Waals surface area contributed by atoms with Crippen LogP contribution in [0.3, 0.4) is 0 Å². The summed E-state index contributed by atoms with van der Waals surface area (Å²) in [4.78, 5) is 10.8. The van der Waals surface area contributed by atoms with Crippen LogP contribution in [0, 0.1) is 0 Å². The van der Waals surface area contributed by atoms with Gasteiger partial charge in [-0.25, -0.2) is 0 Å². The van der Waals surface area contributed by atoms with Gasteiger partial charge in [0.15, 0.2) is 0 Å². The van der Waals surface area contributed by atoms with Gasteiger partial charge in [0, 0.05) is 5.41 Å². The Morgan fingerprint density at radius 2 is 2.00 bits per heavy atom. The van der Waals surface area contributed by atoms with E-state index in [4.69, 9.17) is 5.11 Å². The number of aliphatic carboxylic acids is 1. The molecule has 0 radical (unpaired) electrons. The van der Waals surface area contributed by atoms with E-state index in [1.54, 1.807) is 12.1 Å². The number of hydrogen-bond donors (Lipinski definition) is 1. The lowest BCUT2D eigenvalue weighted by Crippen LogP contribution is -2.15. The molecule has 98 valence electrons. The van der Waals surface area contributed by atoms with Crippen LogP contribution in [0.25, 0.3) is 0 Å². The third-order valence-electron chi connectivity index (χ3n) is 3.29. The number of halogens is 3. The monoisotopic (exact) mass is 258 g/mol. The van der Waals surface area contributed by atoms with Crippen LogP contribution in [0.5, 0.6) is 0 Å². The van der Waals surface area contributed by atoms with Crippen molar-refractivity contribution in [1.29, 1.82) is 0 Å². The normalized spacial score (nSPS) is 17.5. The average Bonchev–Trinajstić information content (AvgIpc) is 2.95. The van der Waals surface area contributed by atoms with Crippen molar-refractivity contribution in [3.63, 3.8) is 0 Å². The fourth-order valence-corrected chi connectivity index (χ4v) is 2.25. The minimum absolute atomic E-state index is 0.0114. The van der Waals surface area contributed by atoms with Gasteiger partial charge < -0.3 is 5.11 Å². The molecule has 1 aromatic carbocycles. The summed E-state index contributed by atoms with van der Waals surface area (Å²) < 4.78 is 36.9. The fourth-order valence-electron chi connectivity index (χ4n) is 2.25. The van der Waals surface area contributed by atoms with Gasteiger partial charge in [-0.2, -0.15) is 13.2 Å². The maximum Gasteiger partial charge on any atom is 0.393 e. The van der Waals surface area contributed by atoms with E-state index in [0.717, 1.165) is 12.8 Å². The molecule has 0 amide bonds. The van der Waals surface area contributed by atoms with Gasteiger partial charge >= 0.3 is 12.1 Å². The summed E-state index contributed by atoms with van der Waals surface area (Å²) in [6, 6.07) is 6.20. The Balaban J connectivity index is 2.20. The summed E-state index contributed by atoms with van der Waals surface area (Å²) in [6.07, 6.45) is -3.75. The Kier molecular flexibility index (Phi) is 3.09. The molecule has 1 aromatic rings. The molecule has 0 atom stereocenters. The van der Waals surface area contributed by atoms with E-state index in [9.17, 15) is 18.0 Å². The first kappa shape index (κ1) is 12.9. The lowest BCUT2D eigenvalue weighted by atomic mass is 9.91. The number of hydrogen-bond acceptors (Lipinski definition) is 1. The van der Waals surface area contributed by atoms with Crippen LogP contribution in [0.2, 0.25) is 0 Å². The van der Waals surface area contributed by atoms with Crippen LogP contribution in [0.4, 0.5) is 13.2 Å². The molecule has 18 heavy (non-hydrogen) atoms. The smallest absolute Gasteiger partial charge is 0.393 e. The average molecular weight is 258 g/mol. The minimum atomic E-state index is -4.23. The van der Waals surface area contributed by atoms with Gasteiger partial charge in [0.25, 0.3) is 0 Å². The molecule has 5 heteroatoms. The Labute approximate surface area is 102 Å². The van der Waals surface area contributed by atoms with Gasteiger partial charge in [0.1, 0.15) is 0 Å². The Morgan fingerprint density at radius 1 is 1.33 bits per heavy atom. The van der Waals surface area contributed by atoms with Gasteiger partial charge in [0.2, 0.25) is 0 Å². The van der Waals surface area contributed by atoms with Crippen LogP contribution >= 0.6 is 0 Å². The number of alkyl halides is 3. The molecule has 1 N–H and O–H groups in total. The van der Waals surface area contributed by atoms with Crippen molar-refractivity contribution in [3.05, 3.63) is 35.4 Å². The molecular weight excluding hydrogens is 245 g/mol. The van der Waals surface area contributed by atoms with Crippen molar-refractivity contribution in [3.8, 4) is 0 Å². The maximum absolute atomic E-state index is 12.3. The van der Waals surface area contributed by atoms with Crippen molar-refractivity contribution in [2.75, 3.05) is 0 Å². The number of rotatable bonds is 4. The van der Waals surface area contributed by atoms with Gasteiger partial charge in [-0.05, 0) is 24.0 Å². The third-order valence-corrected chi connectivity index (χ3v) is 3.29. The third kappa shape index (κ3) is 3.03. The van der Waals surface area contributed by atoms with E-state index in [-0.39, 0.29) is 12.0 Å². The SMILES string of the molecule is O=C(O)CC1(c2cccc(CC(F)(F)F)c2)CC1. The molecule has 0 spiro atoms. The quantitative estimate of drug-likeness (QED) is 0.899. The standard InChI is InChI=1S/C13H13F3O2/c14-13(15,16)7-9-2-1-3-10(6-9)12(4-5-12)8-11(17)18/h1-3,6H,4-5,7-8H2,(H,17,18). The van der Waals surface area contributed by atoms with Crippen LogP contribution in [0.15, 0.2) is 24.3 Å². The Morgan fingerprint density at radius 3 is 2.50 bits per heavy atom. The lowest BCUT2D eigenvalue weighted by molar-refractivity contribution is -0.137. The van der Waals surface area contributed by atoms with Crippen molar-refractivity contribution in [2.24, 2.45) is 0 Å². The number of carboxylic acids is 1. The van der Waals surface area contributed by atoms with E-state index in [2.05, 4.69) is 0 Å². The second kappa shape index (κ2) is 4.30. The molecule has 0 aromatic heterocycles. The first-order valence-electron chi connectivity index (χ1n) is 5.69. The highest BCUT2D eigenvalue weighted by Crippen LogP contribution is 2.51. The highest BCUT2D eigenvalue weighted by molar-refractivity contribution is 5.70. The van der Waals surface area contributed by atoms with Gasteiger partial charge in [-0.1, -0.05) is 24.3 Å². The largest absolute Gasteiger partial charge is 0.481 e. The number of carboxylic acid groups (broad SMARTS) is 1. The van der Waals surface area contributed by atoms with Crippen molar-refractivity contribution in [1.82, 2.24) is 0 Å². The molecule has 2 nitrogen and oxygen atoms in total. The molecule has 1 aliphatic rings. The summed E-state index contributed by atoms with van der Waals surface area (Å²) in [5, 5.41) is 8.83. The van der Waals surface area contributed by atoms with E-state index >= 15 is 0 Å². The molecule has 0 saturated heterocycles. The zero-order chi connectivity index (χ0) is 13.4. The Bertz CT molecular complexity index is 462. The van der Waals surface area contributed by atoms with E-state index in [0.29, 0.717) is 5.56 Å². The maximum atomic E-state index is 12.3. The Hall–Kier alpha value is -1.52. The van der Waals surface area contributed by atoms with E-state index in [1.165, 1.54) is 12.1 Å². The minimum Gasteiger partial charge on any atom is -0.481 e. The lowest BCUT2D eigenvalue weighted by Gasteiger charge is -2.15. The van der Waals surface area contributed by atoms with E-state index in [1.807, 2.05) is 0 Å². The molecular formula is C13H13F3O2. The zero-order valence-corrected chi connectivity index (χ0v) is 9.63. The fraction of sp³-hybridized carbons (Fsp3) is 0.462. The zero-order valence-electron chi connectivity index (χ0n) is 9.63.